The minimum atomic E-state index is -1.16. The topological polar surface area (TPSA) is 52.6 Å². The highest BCUT2D eigenvalue weighted by molar-refractivity contribution is 5.56. The summed E-state index contributed by atoms with van der Waals surface area (Å²) in [5, 5.41) is 10.8. The number of hydrogen-bond donors (Lipinski definition) is 0. The minimum absolute atomic E-state index is 0.0732. The smallest absolute Gasteiger partial charge is 0.297 e. The van der Waals surface area contributed by atoms with Crippen LogP contribution in [0.1, 0.15) is 6.42 Å². The molecule has 3 rings (SSSR count). The second-order valence-electron chi connectivity index (χ2n) is 3.70. The Kier molecular flexibility index (Phi) is 1.61. The van der Waals surface area contributed by atoms with Crippen molar-refractivity contribution >= 4 is 6.09 Å². The first kappa shape index (κ1) is 8.52. The molecular weight excluding hydrogens is 172 g/mol. The molecule has 72 valence electrons. The molecule has 3 saturated heterocycles. The van der Waals surface area contributed by atoms with E-state index in [0.29, 0.717) is 13.0 Å². The third-order valence-corrected chi connectivity index (χ3v) is 2.39. The fourth-order valence-electron chi connectivity index (χ4n) is 1.88. The van der Waals surface area contributed by atoms with Gasteiger partial charge in [0.2, 0.25) is 0 Å². The molecule has 0 radical (unpaired) electrons. The third-order valence-electron chi connectivity index (χ3n) is 2.39. The highest BCUT2D eigenvalue weighted by atomic mass is 16.8. The van der Waals surface area contributed by atoms with E-state index in [0.717, 1.165) is 5.70 Å². The number of carboxylic acid groups (broad SMARTS) is 1. The average molecular weight is 184 g/mol. The van der Waals surface area contributed by atoms with E-state index in [4.69, 9.17) is 4.84 Å². The van der Waals surface area contributed by atoms with Gasteiger partial charge in [0.05, 0.1) is 12.6 Å². The first-order valence-electron chi connectivity index (χ1n) is 4.20. The van der Waals surface area contributed by atoms with Crippen LogP contribution in [0.3, 0.4) is 0 Å². The predicted octanol–water partition coefficient (Wildman–Crippen LogP) is -0.733. The molecule has 2 bridgehead atoms. The number of fused-ring (bicyclic) bond motifs is 1. The Morgan fingerprint density at radius 3 is 2.85 bits per heavy atom. The van der Waals surface area contributed by atoms with E-state index in [-0.39, 0.29) is 6.10 Å². The van der Waals surface area contributed by atoms with E-state index in [2.05, 4.69) is 0 Å². The Bertz CT molecular complexity index is 279. The van der Waals surface area contributed by atoms with Gasteiger partial charge in [-0.1, -0.05) is 4.65 Å². The summed E-state index contributed by atoms with van der Waals surface area (Å²) < 4.78 is -0.414. The molecule has 0 aliphatic carbocycles. The van der Waals surface area contributed by atoms with Crippen molar-refractivity contribution in [2.45, 2.75) is 12.5 Å². The van der Waals surface area contributed by atoms with Gasteiger partial charge in [0.25, 0.3) is 6.09 Å². The summed E-state index contributed by atoms with van der Waals surface area (Å²) in [4.78, 5) is 17.8. The summed E-state index contributed by atoms with van der Waals surface area (Å²) >= 11 is 0. The molecule has 3 aliphatic heterocycles. The number of carbonyl (C=O) groups excluding carboxylic acids is 1. The Hall–Kier alpha value is -1.07. The van der Waals surface area contributed by atoms with E-state index >= 15 is 0 Å². The Labute approximate surface area is 76.3 Å². The molecule has 1 amide bonds. The molecule has 5 heteroatoms. The summed E-state index contributed by atoms with van der Waals surface area (Å²) in [6.45, 7) is 0.516. The van der Waals surface area contributed by atoms with Crippen LogP contribution < -0.4 is 5.11 Å². The molecule has 2 unspecified atom stereocenters. The van der Waals surface area contributed by atoms with E-state index < -0.39 is 10.7 Å². The number of hydroxylamine groups is 3. The Morgan fingerprint density at radius 1 is 1.77 bits per heavy atom. The molecule has 0 saturated carbocycles. The molecule has 2 atom stereocenters. The largest absolute Gasteiger partial charge is 0.496 e. The number of amides is 1. The number of carbonyl (C=O) groups is 1. The highest BCUT2D eigenvalue weighted by Crippen LogP contribution is 2.43. The van der Waals surface area contributed by atoms with Crippen LogP contribution in [0.2, 0.25) is 0 Å². The van der Waals surface area contributed by atoms with Gasteiger partial charge in [-0.25, -0.2) is 0 Å². The van der Waals surface area contributed by atoms with Crippen LogP contribution in [0.5, 0.6) is 0 Å². The van der Waals surface area contributed by atoms with Crippen molar-refractivity contribution in [2.24, 2.45) is 0 Å². The number of hydrogen-bond acceptors (Lipinski definition) is 4. The molecule has 3 fully saturated rings. The summed E-state index contributed by atoms with van der Waals surface area (Å²) in [6.07, 6.45) is 1.40. The molecule has 0 aromatic rings. The van der Waals surface area contributed by atoms with Crippen LogP contribution in [-0.2, 0) is 4.84 Å². The maximum absolute atomic E-state index is 10.8. The van der Waals surface area contributed by atoms with Crippen molar-refractivity contribution in [2.75, 3.05) is 20.6 Å². The van der Waals surface area contributed by atoms with Gasteiger partial charge < -0.3 is 14.8 Å². The second kappa shape index (κ2) is 2.46. The van der Waals surface area contributed by atoms with Gasteiger partial charge in [0.15, 0.2) is 18.3 Å². The van der Waals surface area contributed by atoms with Crippen molar-refractivity contribution in [3.05, 3.63) is 11.9 Å². The number of quaternary nitrogens is 1. The van der Waals surface area contributed by atoms with Crippen molar-refractivity contribution in [3.8, 4) is 0 Å². The summed E-state index contributed by atoms with van der Waals surface area (Å²) in [5.74, 6) is 0. The Morgan fingerprint density at radius 2 is 2.38 bits per heavy atom. The normalized spacial score (nSPS) is 38.9. The van der Waals surface area contributed by atoms with E-state index in [1.807, 2.05) is 19.0 Å². The lowest BCUT2D eigenvalue weighted by atomic mass is 10.3. The third kappa shape index (κ3) is 1.04. The van der Waals surface area contributed by atoms with E-state index in [9.17, 15) is 9.90 Å². The zero-order valence-electron chi connectivity index (χ0n) is 7.69. The maximum Gasteiger partial charge on any atom is 0.297 e. The van der Waals surface area contributed by atoms with Gasteiger partial charge in [-0.3, -0.25) is 0 Å². The first-order valence-corrected chi connectivity index (χ1v) is 4.20. The van der Waals surface area contributed by atoms with Gasteiger partial charge >= 0.3 is 0 Å². The average Bonchev–Trinajstić information content (AvgIpc) is 2.37. The zero-order chi connectivity index (χ0) is 9.64. The predicted molar refractivity (Wildman–Crippen MR) is 41.8 cm³/mol. The molecule has 5 nitrogen and oxygen atoms in total. The lowest BCUT2D eigenvalue weighted by Gasteiger charge is -2.37. The van der Waals surface area contributed by atoms with Crippen LogP contribution >= 0.6 is 0 Å². The molecule has 0 spiro atoms. The molecule has 3 aliphatic rings. The highest BCUT2D eigenvalue weighted by Gasteiger charge is 2.61. The van der Waals surface area contributed by atoms with Crippen LogP contribution in [0, 0.1) is 0 Å². The molecule has 3 heterocycles. The van der Waals surface area contributed by atoms with Crippen molar-refractivity contribution in [1.82, 2.24) is 4.90 Å². The minimum Gasteiger partial charge on any atom is -0.496 e. The van der Waals surface area contributed by atoms with Gasteiger partial charge in [-0.05, 0) is 0 Å². The molecule has 0 N–H and O–H groups in total. The van der Waals surface area contributed by atoms with Crippen LogP contribution in [0.15, 0.2) is 11.9 Å². The maximum atomic E-state index is 10.8. The van der Waals surface area contributed by atoms with Crippen LogP contribution in [0.4, 0.5) is 4.79 Å². The van der Waals surface area contributed by atoms with E-state index in [1.54, 1.807) is 6.20 Å². The SMILES string of the molecule is CN(C)C=C1CC2C[N+]1(C(=O)[O-])O2. The number of nitrogens with zero attached hydrogens (tertiary/aromatic N) is 2. The standard InChI is InChI=1S/C8H12N2O3/c1-9(2)4-6-3-7-5-10(6,13-7)8(11)12/h4,7H,3,5H2,1-2H3. The first-order chi connectivity index (χ1) is 6.04. The number of rotatable bonds is 1. The summed E-state index contributed by atoms with van der Waals surface area (Å²) in [6, 6.07) is 0. The fourth-order valence-corrected chi connectivity index (χ4v) is 1.88. The van der Waals surface area contributed by atoms with Gasteiger partial charge in [0.1, 0.15) is 0 Å². The van der Waals surface area contributed by atoms with Gasteiger partial charge in [-0.2, -0.15) is 4.84 Å². The van der Waals surface area contributed by atoms with Crippen LogP contribution in [0.25, 0.3) is 0 Å². The van der Waals surface area contributed by atoms with Crippen molar-refractivity contribution in [1.29, 1.82) is 0 Å². The van der Waals surface area contributed by atoms with Crippen molar-refractivity contribution in [3.63, 3.8) is 0 Å². The molecule has 0 aromatic heterocycles. The van der Waals surface area contributed by atoms with Gasteiger partial charge in [-0.15, -0.1) is 0 Å². The molecule has 0 aromatic carbocycles. The van der Waals surface area contributed by atoms with Gasteiger partial charge in [0, 0.05) is 14.1 Å². The molecular formula is C8H12N2O3. The fraction of sp³-hybridized carbons (Fsp3) is 0.625. The lowest BCUT2D eigenvalue weighted by Crippen LogP contribution is -2.63. The molecule has 13 heavy (non-hydrogen) atoms. The summed E-state index contributed by atoms with van der Waals surface area (Å²) in [5.41, 5.74) is 0.773. The van der Waals surface area contributed by atoms with Crippen molar-refractivity contribution < 1.29 is 19.4 Å². The van der Waals surface area contributed by atoms with Crippen LogP contribution in [-0.4, -0.2) is 42.4 Å². The quantitative estimate of drug-likeness (QED) is 0.504. The Balaban J connectivity index is 2.27. The summed E-state index contributed by atoms with van der Waals surface area (Å²) in [7, 11) is 3.71. The monoisotopic (exact) mass is 184 g/mol. The lowest BCUT2D eigenvalue weighted by molar-refractivity contribution is -1.07. The zero-order valence-corrected chi connectivity index (χ0v) is 7.69. The second-order valence-corrected chi connectivity index (χ2v) is 3.70. The van der Waals surface area contributed by atoms with E-state index in [1.165, 1.54) is 0 Å².